The lowest BCUT2D eigenvalue weighted by atomic mass is 9.86. The molecule has 1 aromatic carbocycles. The van der Waals surface area contributed by atoms with E-state index >= 15 is 0 Å². The Morgan fingerprint density at radius 1 is 1.33 bits per heavy atom. The minimum atomic E-state index is -0.441. The molecule has 6 heteroatoms. The summed E-state index contributed by atoms with van der Waals surface area (Å²) in [4.78, 5) is 4.30. The second-order valence-electron chi connectivity index (χ2n) is 5.38. The van der Waals surface area contributed by atoms with Gasteiger partial charge in [0.1, 0.15) is 5.82 Å². The van der Waals surface area contributed by atoms with E-state index in [9.17, 15) is 9.50 Å². The molecule has 21 heavy (non-hydrogen) atoms. The van der Waals surface area contributed by atoms with Gasteiger partial charge < -0.3 is 9.63 Å². The van der Waals surface area contributed by atoms with E-state index in [1.165, 1.54) is 6.07 Å². The summed E-state index contributed by atoms with van der Waals surface area (Å²) in [6.07, 6.45) is 3.38. The number of rotatable bonds is 3. The van der Waals surface area contributed by atoms with E-state index in [1.807, 2.05) is 0 Å². The molecule has 2 unspecified atom stereocenters. The topological polar surface area (TPSA) is 59.2 Å². The normalized spacial score (nSPS) is 22.4. The van der Waals surface area contributed by atoms with Gasteiger partial charge >= 0.3 is 0 Å². The van der Waals surface area contributed by atoms with Gasteiger partial charge in [0.25, 0.3) is 0 Å². The number of hydrogen-bond donors (Lipinski definition) is 1. The fourth-order valence-corrected chi connectivity index (χ4v) is 2.98. The zero-order valence-electron chi connectivity index (χ0n) is 11.4. The van der Waals surface area contributed by atoms with Gasteiger partial charge in [-0.25, -0.2) is 4.39 Å². The summed E-state index contributed by atoms with van der Waals surface area (Å²) >= 11 is 5.99. The van der Waals surface area contributed by atoms with Crippen LogP contribution in [0.5, 0.6) is 0 Å². The first-order valence-corrected chi connectivity index (χ1v) is 7.46. The van der Waals surface area contributed by atoms with Crippen molar-refractivity contribution in [2.75, 3.05) is 0 Å². The fourth-order valence-electron chi connectivity index (χ4n) is 2.75. The van der Waals surface area contributed by atoms with E-state index in [4.69, 9.17) is 16.1 Å². The SMILES string of the molecule is OC1CCCCC1c1nc(Cc2c(F)cccc2Cl)no1. The molecule has 1 fully saturated rings. The standard InChI is InChI=1S/C15H16ClFN2O2/c16-11-5-3-6-12(17)10(11)8-14-18-15(21-19-14)9-4-1-2-7-13(9)20/h3,5-6,9,13,20H,1-2,4,7-8H2. The molecule has 112 valence electrons. The molecular formula is C15H16ClFN2O2. The zero-order chi connectivity index (χ0) is 14.8. The second-order valence-corrected chi connectivity index (χ2v) is 5.79. The monoisotopic (exact) mass is 310 g/mol. The summed E-state index contributed by atoms with van der Waals surface area (Å²) in [5.41, 5.74) is 0.357. The van der Waals surface area contributed by atoms with E-state index in [0.717, 1.165) is 25.7 Å². The summed E-state index contributed by atoms with van der Waals surface area (Å²) in [5, 5.41) is 14.2. The third-order valence-corrected chi connectivity index (χ3v) is 4.28. The number of hydrogen-bond acceptors (Lipinski definition) is 4. The fraction of sp³-hybridized carbons (Fsp3) is 0.467. The number of halogens is 2. The van der Waals surface area contributed by atoms with E-state index in [2.05, 4.69) is 10.1 Å². The summed E-state index contributed by atoms with van der Waals surface area (Å²) < 4.78 is 19.0. The van der Waals surface area contributed by atoms with Crippen molar-refractivity contribution in [2.24, 2.45) is 0 Å². The first kappa shape index (κ1) is 14.5. The van der Waals surface area contributed by atoms with Crippen LogP contribution in [0.3, 0.4) is 0 Å². The highest BCUT2D eigenvalue weighted by Crippen LogP contribution is 2.32. The van der Waals surface area contributed by atoms with Gasteiger partial charge in [0.2, 0.25) is 5.89 Å². The van der Waals surface area contributed by atoms with Gasteiger partial charge in [-0.1, -0.05) is 35.7 Å². The Bertz CT molecular complexity index is 612. The summed E-state index contributed by atoms with van der Waals surface area (Å²) in [7, 11) is 0. The van der Waals surface area contributed by atoms with E-state index < -0.39 is 6.10 Å². The van der Waals surface area contributed by atoms with Crippen molar-refractivity contribution >= 4 is 11.6 Å². The lowest BCUT2D eigenvalue weighted by Gasteiger charge is -2.24. The molecule has 1 heterocycles. The van der Waals surface area contributed by atoms with Crippen LogP contribution in [0.15, 0.2) is 22.7 Å². The molecule has 1 aliphatic carbocycles. The van der Waals surface area contributed by atoms with Gasteiger partial charge in [-0.3, -0.25) is 0 Å². The van der Waals surface area contributed by atoms with Crippen molar-refractivity contribution in [2.45, 2.75) is 44.1 Å². The number of aliphatic hydroxyl groups is 1. The quantitative estimate of drug-likeness (QED) is 0.943. The van der Waals surface area contributed by atoms with Crippen LogP contribution in [0, 0.1) is 5.82 Å². The van der Waals surface area contributed by atoms with Crippen LogP contribution < -0.4 is 0 Å². The smallest absolute Gasteiger partial charge is 0.232 e. The zero-order valence-corrected chi connectivity index (χ0v) is 12.2. The molecule has 0 spiro atoms. The molecule has 3 rings (SSSR count). The number of aliphatic hydroxyl groups excluding tert-OH is 1. The van der Waals surface area contributed by atoms with E-state index in [0.29, 0.717) is 22.3 Å². The average Bonchev–Trinajstić information content (AvgIpc) is 2.92. The highest BCUT2D eigenvalue weighted by molar-refractivity contribution is 6.31. The summed E-state index contributed by atoms with van der Waals surface area (Å²) in [5.74, 6) is 0.321. The van der Waals surface area contributed by atoms with Crippen LogP contribution in [-0.4, -0.2) is 21.4 Å². The highest BCUT2D eigenvalue weighted by Gasteiger charge is 2.29. The minimum Gasteiger partial charge on any atom is -0.392 e. The van der Waals surface area contributed by atoms with Crippen molar-refractivity contribution in [3.05, 3.63) is 46.3 Å². The van der Waals surface area contributed by atoms with Crippen LogP contribution >= 0.6 is 11.6 Å². The van der Waals surface area contributed by atoms with Crippen molar-refractivity contribution in [3.8, 4) is 0 Å². The average molecular weight is 311 g/mol. The van der Waals surface area contributed by atoms with Crippen molar-refractivity contribution in [1.82, 2.24) is 10.1 Å². The van der Waals surface area contributed by atoms with Gasteiger partial charge in [0.15, 0.2) is 5.82 Å². The van der Waals surface area contributed by atoms with Crippen LogP contribution in [0.2, 0.25) is 5.02 Å². The third-order valence-electron chi connectivity index (χ3n) is 3.93. The molecule has 0 amide bonds. The minimum absolute atomic E-state index is 0.115. The largest absolute Gasteiger partial charge is 0.392 e. The molecular weight excluding hydrogens is 295 g/mol. The molecule has 1 aromatic heterocycles. The van der Waals surface area contributed by atoms with Crippen LogP contribution in [0.25, 0.3) is 0 Å². The van der Waals surface area contributed by atoms with Crippen molar-refractivity contribution in [1.29, 1.82) is 0 Å². The molecule has 0 saturated heterocycles. The first-order valence-electron chi connectivity index (χ1n) is 7.08. The van der Waals surface area contributed by atoms with Crippen LogP contribution in [0.4, 0.5) is 4.39 Å². The molecule has 4 nitrogen and oxygen atoms in total. The van der Waals surface area contributed by atoms with E-state index in [1.54, 1.807) is 12.1 Å². The second kappa shape index (κ2) is 6.12. The maximum Gasteiger partial charge on any atom is 0.232 e. The first-order chi connectivity index (χ1) is 10.1. The predicted octanol–water partition coefficient (Wildman–Crippen LogP) is 3.47. The van der Waals surface area contributed by atoms with Gasteiger partial charge in [-0.05, 0) is 25.0 Å². The molecule has 2 atom stereocenters. The third kappa shape index (κ3) is 3.09. The van der Waals surface area contributed by atoms with Crippen molar-refractivity contribution in [3.63, 3.8) is 0 Å². The Balaban J connectivity index is 1.79. The lowest BCUT2D eigenvalue weighted by molar-refractivity contribution is 0.0908. The molecule has 0 radical (unpaired) electrons. The summed E-state index contributed by atoms with van der Waals surface area (Å²) in [6.45, 7) is 0. The molecule has 0 aliphatic heterocycles. The predicted molar refractivity (Wildman–Crippen MR) is 75.7 cm³/mol. The molecule has 1 saturated carbocycles. The maximum absolute atomic E-state index is 13.7. The Morgan fingerprint density at radius 3 is 2.90 bits per heavy atom. The van der Waals surface area contributed by atoms with Gasteiger partial charge in [-0.2, -0.15) is 4.98 Å². The molecule has 1 N–H and O–H groups in total. The Morgan fingerprint density at radius 2 is 2.14 bits per heavy atom. The molecule has 0 bridgehead atoms. The Labute approximate surface area is 126 Å². The number of benzene rings is 1. The Hall–Kier alpha value is -1.46. The maximum atomic E-state index is 13.7. The van der Waals surface area contributed by atoms with Crippen LogP contribution in [-0.2, 0) is 6.42 Å². The lowest BCUT2D eigenvalue weighted by Crippen LogP contribution is -2.22. The van der Waals surface area contributed by atoms with Gasteiger partial charge in [0.05, 0.1) is 12.0 Å². The Kier molecular flexibility index (Phi) is 4.22. The summed E-state index contributed by atoms with van der Waals surface area (Å²) in [6, 6.07) is 4.54. The van der Waals surface area contributed by atoms with Gasteiger partial charge in [0, 0.05) is 17.0 Å². The molecule has 2 aromatic rings. The van der Waals surface area contributed by atoms with E-state index in [-0.39, 0.29) is 18.2 Å². The van der Waals surface area contributed by atoms with Gasteiger partial charge in [-0.15, -0.1) is 0 Å². The molecule has 1 aliphatic rings. The number of aromatic nitrogens is 2. The van der Waals surface area contributed by atoms with Crippen molar-refractivity contribution < 1.29 is 14.0 Å². The number of nitrogens with zero attached hydrogens (tertiary/aromatic N) is 2. The van der Waals surface area contributed by atoms with Crippen LogP contribution in [0.1, 0.15) is 48.9 Å². The highest BCUT2D eigenvalue weighted by atomic mass is 35.5.